The molecule has 2 saturated heterocycles. The minimum Gasteiger partial charge on any atom is -0.396 e. The minimum atomic E-state index is -0.0898. The molecule has 32 heavy (non-hydrogen) atoms. The fraction of sp³-hybridized carbons (Fsp3) is 0.435. The molecule has 5 rings (SSSR count). The number of pyridine rings is 1. The highest BCUT2D eigenvalue weighted by Crippen LogP contribution is 2.38. The Hall–Kier alpha value is -2.19. The molecule has 2 fully saturated rings. The van der Waals surface area contributed by atoms with Gasteiger partial charge in [0.05, 0.1) is 25.0 Å². The highest BCUT2D eigenvalue weighted by molar-refractivity contribution is 5.96. The first-order valence-corrected chi connectivity index (χ1v) is 10.7. The normalized spacial score (nSPS) is 22.5. The van der Waals surface area contributed by atoms with Crippen molar-refractivity contribution in [1.82, 2.24) is 24.8 Å². The number of halogens is 2. The lowest BCUT2D eigenvalue weighted by atomic mass is 9.70. The van der Waals surface area contributed by atoms with E-state index >= 15 is 0 Å². The zero-order valence-corrected chi connectivity index (χ0v) is 19.4. The number of aliphatic hydroxyl groups excluding tert-OH is 1. The van der Waals surface area contributed by atoms with Crippen LogP contribution in [0.2, 0.25) is 0 Å². The summed E-state index contributed by atoms with van der Waals surface area (Å²) < 4.78 is 2.00. The van der Waals surface area contributed by atoms with Crippen LogP contribution in [-0.2, 0) is 6.54 Å². The van der Waals surface area contributed by atoms with Crippen molar-refractivity contribution in [3.63, 3.8) is 0 Å². The third-order valence-corrected chi connectivity index (χ3v) is 6.76. The Morgan fingerprint density at radius 3 is 2.78 bits per heavy atom. The molecule has 0 bridgehead atoms. The summed E-state index contributed by atoms with van der Waals surface area (Å²) in [7, 11) is 0. The Kier molecular flexibility index (Phi) is 7.77. The molecule has 1 aromatic carbocycles. The van der Waals surface area contributed by atoms with Crippen LogP contribution in [0.4, 0.5) is 0 Å². The molecule has 4 heterocycles. The number of aromatic nitrogens is 3. The van der Waals surface area contributed by atoms with Gasteiger partial charge in [0.2, 0.25) is 0 Å². The van der Waals surface area contributed by atoms with E-state index in [4.69, 9.17) is 0 Å². The fourth-order valence-corrected chi connectivity index (χ4v) is 4.93. The molecular formula is C23H29Cl2N5O2. The van der Waals surface area contributed by atoms with Crippen molar-refractivity contribution in [2.45, 2.75) is 31.8 Å². The van der Waals surface area contributed by atoms with E-state index in [1.54, 1.807) is 12.5 Å². The summed E-state index contributed by atoms with van der Waals surface area (Å²) >= 11 is 0. The number of fused-ring (bicyclic) bond motifs is 2. The van der Waals surface area contributed by atoms with E-state index in [0.717, 1.165) is 37.0 Å². The molecule has 3 aromatic rings. The number of amides is 1. The standard InChI is InChI=1S/C23H27N5O2.2ClH/c29-15-23-7-4-9-24-20(23)14-27(10-8-23)22(30)18-11-19-21(25-12-18)28(16-26-19)13-17-5-2-1-3-6-17;;/h1-3,5-6,11-12,16,20,24,29H,4,7-10,13-15H2;2*1H/t20-,23-;;/m1../s1. The van der Waals surface area contributed by atoms with Gasteiger partial charge in [-0.3, -0.25) is 4.79 Å². The van der Waals surface area contributed by atoms with Crippen LogP contribution in [0.15, 0.2) is 48.9 Å². The highest BCUT2D eigenvalue weighted by atomic mass is 35.5. The van der Waals surface area contributed by atoms with Gasteiger partial charge in [-0.1, -0.05) is 30.3 Å². The number of nitrogens with zero attached hydrogens (tertiary/aromatic N) is 4. The first-order valence-electron chi connectivity index (χ1n) is 10.7. The van der Waals surface area contributed by atoms with Crippen molar-refractivity contribution in [2.75, 3.05) is 26.2 Å². The summed E-state index contributed by atoms with van der Waals surface area (Å²) in [6, 6.07) is 12.2. The summed E-state index contributed by atoms with van der Waals surface area (Å²) in [4.78, 5) is 24.1. The second-order valence-electron chi connectivity index (χ2n) is 8.56. The minimum absolute atomic E-state index is 0. The zero-order chi connectivity index (χ0) is 20.6. The molecule has 0 aliphatic carbocycles. The monoisotopic (exact) mass is 477 g/mol. The summed E-state index contributed by atoms with van der Waals surface area (Å²) in [6.07, 6.45) is 6.37. The average molecular weight is 478 g/mol. The molecule has 0 radical (unpaired) electrons. The van der Waals surface area contributed by atoms with E-state index in [1.165, 1.54) is 5.56 Å². The average Bonchev–Trinajstić information content (AvgIpc) is 3.20. The molecule has 2 aliphatic rings. The Morgan fingerprint density at radius 2 is 2.00 bits per heavy atom. The van der Waals surface area contributed by atoms with Gasteiger partial charge in [-0.25, -0.2) is 9.97 Å². The number of rotatable bonds is 4. The van der Waals surface area contributed by atoms with Crippen LogP contribution in [0.25, 0.3) is 11.2 Å². The lowest BCUT2D eigenvalue weighted by molar-refractivity contribution is -0.00882. The molecule has 1 amide bonds. The number of piperidine rings is 2. The second kappa shape index (κ2) is 10.2. The zero-order valence-electron chi connectivity index (χ0n) is 17.8. The number of hydrogen-bond acceptors (Lipinski definition) is 5. The largest absolute Gasteiger partial charge is 0.396 e. The van der Waals surface area contributed by atoms with E-state index in [9.17, 15) is 9.90 Å². The van der Waals surface area contributed by atoms with E-state index in [-0.39, 0.29) is 48.8 Å². The number of carbonyl (C=O) groups is 1. The van der Waals surface area contributed by atoms with Crippen molar-refractivity contribution in [3.8, 4) is 0 Å². The van der Waals surface area contributed by atoms with Crippen LogP contribution in [0, 0.1) is 5.41 Å². The Labute approximate surface area is 200 Å². The number of imidazole rings is 1. The molecular weight excluding hydrogens is 449 g/mol. The van der Waals surface area contributed by atoms with Crippen LogP contribution >= 0.6 is 24.8 Å². The topological polar surface area (TPSA) is 83.3 Å². The quantitative estimate of drug-likeness (QED) is 0.603. The Balaban J connectivity index is 0.00000144. The smallest absolute Gasteiger partial charge is 0.255 e. The number of benzene rings is 1. The predicted octanol–water partition coefficient (Wildman–Crippen LogP) is 2.90. The van der Waals surface area contributed by atoms with Gasteiger partial charge in [-0.2, -0.15) is 0 Å². The van der Waals surface area contributed by atoms with Crippen LogP contribution in [0.5, 0.6) is 0 Å². The molecule has 2 N–H and O–H groups in total. The fourth-order valence-electron chi connectivity index (χ4n) is 4.93. The van der Waals surface area contributed by atoms with Gasteiger partial charge >= 0.3 is 0 Å². The van der Waals surface area contributed by atoms with Gasteiger partial charge in [-0.05, 0) is 37.4 Å². The second-order valence-corrected chi connectivity index (χ2v) is 8.56. The Bertz CT molecular complexity index is 1060. The maximum absolute atomic E-state index is 13.2. The van der Waals surface area contributed by atoms with Gasteiger partial charge < -0.3 is 19.9 Å². The molecule has 9 heteroatoms. The van der Waals surface area contributed by atoms with Crippen LogP contribution < -0.4 is 5.32 Å². The molecule has 0 saturated carbocycles. The van der Waals surface area contributed by atoms with Crippen LogP contribution in [-0.4, -0.2) is 62.7 Å². The number of carbonyl (C=O) groups excluding carboxylic acids is 1. The number of nitrogens with one attached hydrogen (secondary N) is 1. The summed E-state index contributed by atoms with van der Waals surface area (Å²) in [5, 5.41) is 13.5. The van der Waals surface area contributed by atoms with Crippen molar-refractivity contribution in [3.05, 3.63) is 60.0 Å². The van der Waals surface area contributed by atoms with E-state index in [1.807, 2.05) is 33.7 Å². The third kappa shape index (κ3) is 4.48. The molecule has 7 nitrogen and oxygen atoms in total. The van der Waals surface area contributed by atoms with Crippen LogP contribution in [0.3, 0.4) is 0 Å². The van der Waals surface area contributed by atoms with Gasteiger partial charge in [0, 0.05) is 30.7 Å². The maximum atomic E-state index is 13.2. The highest BCUT2D eigenvalue weighted by Gasteiger charge is 2.45. The summed E-state index contributed by atoms with van der Waals surface area (Å²) in [5.74, 6) is -0.0130. The Morgan fingerprint density at radius 1 is 1.19 bits per heavy atom. The van der Waals surface area contributed by atoms with E-state index < -0.39 is 0 Å². The maximum Gasteiger partial charge on any atom is 0.255 e. The van der Waals surface area contributed by atoms with Crippen molar-refractivity contribution in [2.24, 2.45) is 5.41 Å². The molecule has 0 spiro atoms. The van der Waals surface area contributed by atoms with Crippen LogP contribution in [0.1, 0.15) is 35.2 Å². The van der Waals surface area contributed by atoms with Gasteiger partial charge in [0.25, 0.3) is 5.91 Å². The number of aliphatic hydroxyl groups is 1. The van der Waals surface area contributed by atoms with E-state index in [0.29, 0.717) is 25.2 Å². The van der Waals surface area contributed by atoms with Crippen molar-refractivity contribution < 1.29 is 9.90 Å². The van der Waals surface area contributed by atoms with E-state index in [2.05, 4.69) is 27.4 Å². The predicted molar refractivity (Wildman–Crippen MR) is 129 cm³/mol. The molecule has 172 valence electrons. The number of likely N-dealkylation sites (tertiary alicyclic amines) is 1. The first-order chi connectivity index (χ1) is 14.7. The molecule has 2 aromatic heterocycles. The lowest BCUT2D eigenvalue weighted by Crippen LogP contribution is -2.62. The SMILES string of the molecule is Cl.Cl.O=C(c1cnc2c(c1)ncn2Cc1ccccc1)N1CC[C@@]2(CO)CCCN[C@@H]2C1. The number of hydrogen-bond donors (Lipinski definition) is 2. The van der Waals surface area contributed by atoms with Gasteiger partial charge in [0.15, 0.2) is 5.65 Å². The summed E-state index contributed by atoms with van der Waals surface area (Å²) in [5.41, 5.74) is 3.17. The summed E-state index contributed by atoms with van der Waals surface area (Å²) in [6.45, 7) is 3.11. The first kappa shape index (κ1) is 24.5. The van der Waals surface area contributed by atoms with Gasteiger partial charge in [0.1, 0.15) is 5.52 Å². The molecule has 0 unspecified atom stereocenters. The van der Waals surface area contributed by atoms with Crippen molar-refractivity contribution >= 4 is 41.9 Å². The van der Waals surface area contributed by atoms with Gasteiger partial charge in [-0.15, -0.1) is 24.8 Å². The lowest BCUT2D eigenvalue weighted by Gasteiger charge is -2.50. The molecule has 2 aliphatic heterocycles. The third-order valence-electron chi connectivity index (χ3n) is 6.76. The van der Waals surface area contributed by atoms with Crippen molar-refractivity contribution in [1.29, 1.82) is 0 Å². The molecule has 2 atom stereocenters.